The standard InChI is InChI=1S/C53H77N5O17/c1-6-39-28(2)44-11-48-42(30(4)43(56-48)10-45-29(3)40(7-8-50(68)69)52(57-45)41-9-49(67)51-31(5)46(58-53(41)51)12-47(39)55-44)13-54-32(18-74-37(24-70-20-33(63)14-59)25-71-21-34(64)15-60)19-75-38(26-72-22-35(65)16-61)27-73-23-36(66)17-62/h10-12,29,32-38,40,54,56,58-66H,6-9,13-27H2,1-5H3,(H,68,69)/t29-,32?,33?,34?,35?,36?,37?,38?,40?/m0/s1. The first-order valence-electron chi connectivity index (χ1n) is 25.6. The van der Waals surface area contributed by atoms with Gasteiger partial charge in [0.2, 0.25) is 0 Å². The average molecular weight is 1060 g/mol. The van der Waals surface area contributed by atoms with Crippen LogP contribution in [-0.2, 0) is 46.2 Å². The molecule has 0 saturated heterocycles. The first kappa shape index (κ1) is 59.6. The summed E-state index contributed by atoms with van der Waals surface area (Å²) in [7, 11) is 0. The smallest absolute Gasteiger partial charge is 0.303 e. The highest BCUT2D eigenvalue weighted by Gasteiger charge is 2.36. The van der Waals surface area contributed by atoms with Gasteiger partial charge >= 0.3 is 5.97 Å². The number of nitrogens with zero attached hydrogens (tertiary/aromatic N) is 2. The fraction of sp³-hybridized carbons (Fsp3) is 0.623. The summed E-state index contributed by atoms with van der Waals surface area (Å²) in [6.45, 7) is 7.06. The van der Waals surface area contributed by atoms with Crippen molar-refractivity contribution in [3.05, 3.63) is 68.8 Å². The molecule has 75 heavy (non-hydrogen) atoms. The van der Waals surface area contributed by atoms with Crippen molar-refractivity contribution in [2.45, 2.75) is 121 Å². The number of ketones is 1. The van der Waals surface area contributed by atoms with Crippen LogP contribution in [0.5, 0.6) is 0 Å². The maximum absolute atomic E-state index is 13.8. The number of hydrogen-bond donors (Lipinski definition) is 12. The van der Waals surface area contributed by atoms with Crippen LogP contribution in [-0.4, -0.2) is 213 Å². The number of hydrogen-bond acceptors (Lipinski definition) is 19. The highest BCUT2D eigenvalue weighted by molar-refractivity contribution is 6.13. The van der Waals surface area contributed by atoms with Crippen molar-refractivity contribution >= 4 is 45.0 Å². The zero-order valence-electron chi connectivity index (χ0n) is 43.5. The van der Waals surface area contributed by atoms with Crippen molar-refractivity contribution in [2.24, 2.45) is 0 Å². The van der Waals surface area contributed by atoms with Crippen molar-refractivity contribution in [3.63, 3.8) is 0 Å². The molecule has 0 aromatic carbocycles. The van der Waals surface area contributed by atoms with Gasteiger partial charge in [-0.3, -0.25) is 14.6 Å². The van der Waals surface area contributed by atoms with Crippen molar-refractivity contribution < 1.29 is 84.0 Å². The summed E-state index contributed by atoms with van der Waals surface area (Å²) in [5, 5.41) is 90.7. The number of Topliss-reactive ketones (excluding diaryl/α,β-unsaturated/α-hetero) is 1. The lowest BCUT2D eigenvalue weighted by atomic mass is 9.85. The number of aryl methyl sites for hydroxylation is 2. The molecular weight excluding hydrogens is 979 g/mol. The number of carboxylic acids is 1. The summed E-state index contributed by atoms with van der Waals surface area (Å²) in [6.07, 6.45) is -5.00. The summed E-state index contributed by atoms with van der Waals surface area (Å²) in [5.74, 6) is -1.42. The van der Waals surface area contributed by atoms with E-state index < -0.39 is 75.1 Å². The zero-order chi connectivity index (χ0) is 54.3. The number of aromatic amines is 2. The zero-order valence-corrected chi connectivity index (χ0v) is 43.5. The highest BCUT2D eigenvalue weighted by Crippen LogP contribution is 2.44. The van der Waals surface area contributed by atoms with E-state index in [0.717, 1.165) is 67.0 Å². The molecule has 3 aliphatic rings. The van der Waals surface area contributed by atoms with Crippen LogP contribution in [0.25, 0.3) is 33.2 Å². The molecule has 1 aliphatic carbocycles. The third kappa shape index (κ3) is 15.8. The van der Waals surface area contributed by atoms with Gasteiger partial charge < -0.3 is 89.7 Å². The van der Waals surface area contributed by atoms with E-state index in [9.17, 15) is 55.5 Å². The molecule has 3 aromatic rings. The molecule has 6 rings (SSSR count). The Morgan fingerprint density at radius 2 is 1.23 bits per heavy atom. The highest BCUT2D eigenvalue weighted by atomic mass is 16.6. The van der Waals surface area contributed by atoms with Crippen LogP contribution in [0.1, 0.15) is 107 Å². The predicted octanol–water partition coefficient (Wildman–Crippen LogP) is 1.47. The summed E-state index contributed by atoms with van der Waals surface area (Å²) in [5.41, 5.74) is 11.9. The molecule has 0 saturated carbocycles. The van der Waals surface area contributed by atoms with Crippen molar-refractivity contribution in [2.75, 3.05) is 92.5 Å². The molecule has 22 nitrogen and oxygen atoms in total. The third-order valence-corrected chi connectivity index (χ3v) is 13.8. The van der Waals surface area contributed by atoms with Crippen molar-refractivity contribution in [1.29, 1.82) is 0 Å². The number of carbonyl (C=O) groups is 2. The molecule has 5 heterocycles. The number of rotatable bonds is 33. The van der Waals surface area contributed by atoms with Gasteiger partial charge in [0.25, 0.3) is 0 Å². The van der Waals surface area contributed by atoms with Gasteiger partial charge in [0.15, 0.2) is 5.78 Å². The van der Waals surface area contributed by atoms with E-state index in [-0.39, 0.29) is 103 Å². The molecule has 2 aliphatic heterocycles. The number of nitrogens with one attached hydrogen (secondary N) is 3. The number of aliphatic hydroxyl groups excluding tert-OH is 8. The molecule has 22 heteroatoms. The lowest BCUT2D eigenvalue weighted by Gasteiger charge is -2.26. The van der Waals surface area contributed by atoms with Gasteiger partial charge in [0.1, 0.15) is 36.6 Å². The van der Waals surface area contributed by atoms with Crippen LogP contribution in [0.4, 0.5) is 0 Å². The van der Waals surface area contributed by atoms with Crippen molar-refractivity contribution in [3.8, 4) is 0 Å². The second-order valence-electron chi connectivity index (χ2n) is 19.6. The number of carbonyl (C=O) groups excluding carboxylic acids is 1. The van der Waals surface area contributed by atoms with E-state index in [2.05, 4.69) is 22.2 Å². The van der Waals surface area contributed by atoms with Crippen LogP contribution in [0.3, 0.4) is 0 Å². The third-order valence-electron chi connectivity index (χ3n) is 13.8. The molecule has 3 aromatic heterocycles. The second-order valence-corrected chi connectivity index (χ2v) is 19.6. The Morgan fingerprint density at radius 1 is 0.707 bits per heavy atom. The molecule has 0 amide bonds. The number of fused-ring (bicyclic) bond motifs is 8. The molecule has 12 N–H and O–H groups in total. The van der Waals surface area contributed by atoms with Gasteiger partial charge in [-0.15, -0.1) is 0 Å². The minimum Gasteiger partial charge on any atom is -0.481 e. The van der Waals surface area contributed by atoms with Crippen LogP contribution < -0.4 is 5.32 Å². The Labute approximate surface area is 435 Å². The van der Waals surface area contributed by atoms with Crippen LogP contribution >= 0.6 is 0 Å². The van der Waals surface area contributed by atoms with E-state index in [1.54, 1.807) is 0 Å². The first-order valence-corrected chi connectivity index (χ1v) is 25.6. The van der Waals surface area contributed by atoms with E-state index in [1.165, 1.54) is 0 Å². The molecule has 0 spiro atoms. The van der Waals surface area contributed by atoms with Gasteiger partial charge in [0.05, 0.1) is 121 Å². The van der Waals surface area contributed by atoms with E-state index >= 15 is 0 Å². The van der Waals surface area contributed by atoms with Crippen LogP contribution in [0.15, 0.2) is 18.2 Å². The molecule has 6 atom stereocenters. The molecule has 416 valence electrons. The fourth-order valence-corrected chi connectivity index (χ4v) is 9.46. The summed E-state index contributed by atoms with van der Waals surface area (Å²) in [4.78, 5) is 43.4. The minimum absolute atomic E-state index is 0.0207. The maximum Gasteiger partial charge on any atom is 0.303 e. The Kier molecular flexibility index (Phi) is 22.8. The number of H-pyrrole nitrogens is 2. The molecule has 0 fully saturated rings. The number of carboxylic acid groups (broad SMARTS) is 1. The minimum atomic E-state index is -1.14. The van der Waals surface area contributed by atoms with Crippen molar-refractivity contribution in [1.82, 2.24) is 25.3 Å². The first-order chi connectivity index (χ1) is 36.0. The largest absolute Gasteiger partial charge is 0.481 e. The molecular formula is C53H77N5O17. The lowest BCUT2D eigenvalue weighted by molar-refractivity contribution is -0.137. The maximum atomic E-state index is 13.8. The van der Waals surface area contributed by atoms with Gasteiger partial charge in [-0.1, -0.05) is 13.8 Å². The molecule has 0 radical (unpaired) electrons. The number of allylic oxidation sites excluding steroid dienone is 2. The summed E-state index contributed by atoms with van der Waals surface area (Å²) < 4.78 is 35.4. The SMILES string of the molecule is CCC1=C(C)c2cc3[nH]c(cc4nc(c5c6[nH]c(cc1n2)c(C)c6C(=O)C5)C(CCC(=O)O)[C@@H]4C)c(C)c3CNC(COC(COCC(O)CO)COCC(O)CO)COC(COCC(O)CO)COCC(O)CO. The summed E-state index contributed by atoms with van der Waals surface area (Å²) >= 11 is 0. The number of aliphatic hydroxyl groups is 8. The average Bonchev–Trinajstić information content (AvgIpc) is 4.15. The Hall–Kier alpha value is -4.60. The number of aliphatic carboxylic acids is 1. The van der Waals surface area contributed by atoms with Gasteiger partial charge in [-0.05, 0) is 79.6 Å². The quantitative estimate of drug-likeness (QED) is 0.0411. The monoisotopic (exact) mass is 1060 g/mol. The summed E-state index contributed by atoms with van der Waals surface area (Å²) in [6, 6.07) is 5.37. The van der Waals surface area contributed by atoms with Gasteiger partial charge in [-0.2, -0.15) is 0 Å². The van der Waals surface area contributed by atoms with Gasteiger partial charge in [0, 0.05) is 64.6 Å². The van der Waals surface area contributed by atoms with E-state index in [0.29, 0.717) is 29.6 Å². The van der Waals surface area contributed by atoms with E-state index in [4.69, 9.17) is 38.4 Å². The molecule has 5 unspecified atom stereocenters. The Balaban J connectivity index is 1.43. The Bertz CT molecular complexity index is 2510. The lowest BCUT2D eigenvalue weighted by Crippen LogP contribution is -2.42. The van der Waals surface area contributed by atoms with Crippen LogP contribution in [0, 0.1) is 13.8 Å². The van der Waals surface area contributed by atoms with E-state index in [1.807, 2.05) is 45.9 Å². The molecule has 8 bridgehead atoms. The number of ether oxygens (including phenoxy) is 6. The second kappa shape index (κ2) is 28.7. The number of aromatic nitrogens is 4. The predicted molar refractivity (Wildman–Crippen MR) is 275 cm³/mol. The fourth-order valence-electron chi connectivity index (χ4n) is 9.46. The Morgan fingerprint density at radius 3 is 1.73 bits per heavy atom. The van der Waals surface area contributed by atoms with Gasteiger partial charge in [-0.25, -0.2) is 4.98 Å². The normalized spacial score (nSPS) is 18.4. The van der Waals surface area contributed by atoms with Crippen LogP contribution in [0.2, 0.25) is 0 Å². The topological polar surface area (TPSA) is 341 Å².